The Labute approximate surface area is 114 Å². The molecule has 1 fully saturated rings. The maximum Gasteiger partial charge on any atom is 0.249 e. The van der Waals surface area contributed by atoms with E-state index in [-0.39, 0.29) is 17.4 Å². The van der Waals surface area contributed by atoms with E-state index >= 15 is 0 Å². The van der Waals surface area contributed by atoms with E-state index in [0.717, 1.165) is 6.07 Å². The van der Waals surface area contributed by atoms with Crippen molar-refractivity contribution in [3.63, 3.8) is 0 Å². The van der Waals surface area contributed by atoms with Gasteiger partial charge in [0.25, 0.3) is 0 Å². The first-order chi connectivity index (χ1) is 9.06. The van der Waals surface area contributed by atoms with Crippen LogP contribution in [0, 0.1) is 5.82 Å². The lowest BCUT2D eigenvalue weighted by Gasteiger charge is -2.22. The molecule has 2 amide bonds. The van der Waals surface area contributed by atoms with Crippen LogP contribution in [0.15, 0.2) is 18.2 Å². The summed E-state index contributed by atoms with van der Waals surface area (Å²) in [5.74, 6) is -1.27. The second-order valence-electron chi connectivity index (χ2n) is 4.03. The Kier molecular flexibility index (Phi) is 4.34. The Hall–Kier alpha value is -1.66. The van der Waals surface area contributed by atoms with Crippen molar-refractivity contribution in [1.82, 2.24) is 5.32 Å². The summed E-state index contributed by atoms with van der Waals surface area (Å²) >= 11 is 5.60. The van der Waals surface area contributed by atoms with Gasteiger partial charge in [0.15, 0.2) is 0 Å². The molecule has 1 saturated heterocycles. The van der Waals surface area contributed by atoms with Crippen LogP contribution in [-0.4, -0.2) is 31.1 Å². The molecular formula is C12H12ClFN2O3. The third-order valence-corrected chi connectivity index (χ3v) is 2.88. The number of nitrogens with one attached hydrogen (secondary N) is 2. The van der Waals surface area contributed by atoms with Crippen LogP contribution >= 0.6 is 11.6 Å². The van der Waals surface area contributed by atoms with Crippen molar-refractivity contribution in [2.24, 2.45) is 0 Å². The third kappa shape index (κ3) is 3.65. The van der Waals surface area contributed by atoms with E-state index in [0.29, 0.717) is 18.8 Å². The van der Waals surface area contributed by atoms with Crippen LogP contribution in [0.4, 0.5) is 10.1 Å². The van der Waals surface area contributed by atoms with Crippen LogP contribution in [0.2, 0.25) is 5.02 Å². The number of anilines is 1. The maximum absolute atomic E-state index is 12.9. The average Bonchev–Trinajstić information content (AvgIpc) is 2.37. The lowest BCUT2D eigenvalue weighted by Crippen LogP contribution is -2.45. The van der Waals surface area contributed by atoms with Crippen molar-refractivity contribution in [3.05, 3.63) is 29.0 Å². The number of carbonyl (C=O) groups excluding carboxylic acids is 2. The minimum Gasteiger partial charge on any atom is -0.366 e. The fraction of sp³-hybridized carbons (Fsp3) is 0.333. The molecule has 1 aliphatic rings. The van der Waals surface area contributed by atoms with Crippen LogP contribution < -0.4 is 10.6 Å². The third-order valence-electron chi connectivity index (χ3n) is 2.59. The molecule has 0 saturated carbocycles. The Morgan fingerprint density at radius 1 is 1.58 bits per heavy atom. The second kappa shape index (κ2) is 5.99. The van der Waals surface area contributed by atoms with Gasteiger partial charge < -0.3 is 15.4 Å². The molecule has 0 aliphatic carbocycles. The summed E-state index contributed by atoms with van der Waals surface area (Å²) < 4.78 is 18.1. The van der Waals surface area contributed by atoms with Crippen molar-refractivity contribution in [2.45, 2.75) is 12.5 Å². The molecule has 1 aliphatic heterocycles. The number of halogens is 2. The Morgan fingerprint density at radius 2 is 2.37 bits per heavy atom. The Morgan fingerprint density at radius 3 is 3.05 bits per heavy atom. The van der Waals surface area contributed by atoms with Gasteiger partial charge in [-0.1, -0.05) is 11.6 Å². The number of rotatable bonds is 3. The summed E-state index contributed by atoms with van der Waals surface area (Å²) in [5.41, 5.74) is 0.368. The predicted octanol–water partition coefficient (Wildman–Crippen LogP) is 1.32. The van der Waals surface area contributed by atoms with Crippen molar-refractivity contribution in [3.8, 4) is 0 Å². The van der Waals surface area contributed by atoms with Gasteiger partial charge in [-0.25, -0.2) is 4.39 Å². The van der Waals surface area contributed by atoms with E-state index in [1.807, 2.05) is 0 Å². The van der Waals surface area contributed by atoms with E-state index in [4.69, 9.17) is 16.3 Å². The fourth-order valence-electron chi connectivity index (χ4n) is 1.67. The monoisotopic (exact) mass is 286 g/mol. The number of ether oxygens (including phenoxy) is 1. The second-order valence-corrected chi connectivity index (χ2v) is 4.44. The molecule has 1 atom stereocenters. The molecule has 2 N–H and O–H groups in total. The summed E-state index contributed by atoms with van der Waals surface area (Å²) in [7, 11) is 0. The number of hydrogen-bond donors (Lipinski definition) is 2. The maximum atomic E-state index is 12.9. The van der Waals surface area contributed by atoms with Gasteiger partial charge in [0, 0.05) is 12.2 Å². The van der Waals surface area contributed by atoms with Gasteiger partial charge in [-0.15, -0.1) is 0 Å². The van der Waals surface area contributed by atoms with E-state index in [2.05, 4.69) is 10.6 Å². The van der Waals surface area contributed by atoms with Gasteiger partial charge in [0.05, 0.1) is 18.1 Å². The van der Waals surface area contributed by atoms with E-state index < -0.39 is 17.8 Å². The fourth-order valence-corrected chi connectivity index (χ4v) is 1.85. The zero-order valence-corrected chi connectivity index (χ0v) is 10.7. The van der Waals surface area contributed by atoms with Crippen LogP contribution in [0.5, 0.6) is 0 Å². The van der Waals surface area contributed by atoms with E-state index in [9.17, 15) is 14.0 Å². The summed E-state index contributed by atoms with van der Waals surface area (Å²) in [6.07, 6.45) is -0.884. The van der Waals surface area contributed by atoms with Crippen LogP contribution in [0.25, 0.3) is 0 Å². The zero-order chi connectivity index (χ0) is 13.8. The minimum absolute atomic E-state index is 0.0792. The van der Waals surface area contributed by atoms with Crippen molar-refractivity contribution < 1.29 is 18.7 Å². The van der Waals surface area contributed by atoms with Crippen LogP contribution in [0.3, 0.4) is 0 Å². The zero-order valence-electron chi connectivity index (χ0n) is 9.91. The first-order valence-corrected chi connectivity index (χ1v) is 6.08. The summed E-state index contributed by atoms with van der Waals surface area (Å²) in [4.78, 5) is 23.1. The van der Waals surface area contributed by atoms with Gasteiger partial charge in [0.2, 0.25) is 11.8 Å². The molecule has 7 heteroatoms. The molecule has 2 rings (SSSR count). The van der Waals surface area contributed by atoms with Gasteiger partial charge >= 0.3 is 0 Å². The highest BCUT2D eigenvalue weighted by Crippen LogP contribution is 2.19. The molecule has 0 spiro atoms. The van der Waals surface area contributed by atoms with Gasteiger partial charge in [0.1, 0.15) is 11.9 Å². The van der Waals surface area contributed by atoms with E-state index in [1.165, 1.54) is 12.1 Å². The first kappa shape index (κ1) is 13.8. The van der Waals surface area contributed by atoms with Crippen LogP contribution in [0.1, 0.15) is 6.42 Å². The number of morpholine rings is 1. The Balaban J connectivity index is 1.93. The quantitative estimate of drug-likeness (QED) is 0.881. The van der Waals surface area contributed by atoms with Gasteiger partial charge in [-0.05, 0) is 18.2 Å². The number of carbonyl (C=O) groups is 2. The summed E-state index contributed by atoms with van der Waals surface area (Å²) in [6.45, 7) is 0.830. The number of hydrogen-bond acceptors (Lipinski definition) is 3. The average molecular weight is 287 g/mol. The summed E-state index contributed by atoms with van der Waals surface area (Å²) in [5, 5.41) is 5.05. The van der Waals surface area contributed by atoms with Crippen molar-refractivity contribution in [2.75, 3.05) is 18.5 Å². The Bertz CT molecular complexity index is 510. The van der Waals surface area contributed by atoms with Gasteiger partial charge in [-0.2, -0.15) is 0 Å². The highest BCUT2D eigenvalue weighted by Gasteiger charge is 2.25. The molecule has 0 bridgehead atoms. The molecule has 1 aromatic carbocycles. The molecule has 1 aromatic rings. The van der Waals surface area contributed by atoms with Gasteiger partial charge in [-0.3, -0.25) is 9.59 Å². The van der Waals surface area contributed by atoms with Crippen LogP contribution in [-0.2, 0) is 14.3 Å². The minimum atomic E-state index is -0.787. The molecule has 0 aromatic heterocycles. The highest BCUT2D eigenvalue weighted by molar-refractivity contribution is 6.31. The normalized spacial score (nSPS) is 18.8. The number of benzene rings is 1. The standard InChI is InChI=1S/C12H12ClFN2O3/c13-8-5-7(1-2-9(8)14)16-11(17)6-10-12(18)15-3-4-19-10/h1-2,5,10H,3-4,6H2,(H,15,18)(H,16,17). The van der Waals surface area contributed by atoms with E-state index in [1.54, 1.807) is 0 Å². The number of amides is 2. The molecule has 19 heavy (non-hydrogen) atoms. The topological polar surface area (TPSA) is 67.4 Å². The predicted molar refractivity (Wildman–Crippen MR) is 67.4 cm³/mol. The molecule has 5 nitrogen and oxygen atoms in total. The molecule has 1 unspecified atom stereocenters. The molecule has 0 radical (unpaired) electrons. The lowest BCUT2D eigenvalue weighted by atomic mass is 10.2. The summed E-state index contributed by atoms with van der Waals surface area (Å²) in [6, 6.07) is 3.85. The van der Waals surface area contributed by atoms with Crippen molar-refractivity contribution in [1.29, 1.82) is 0 Å². The smallest absolute Gasteiger partial charge is 0.249 e. The molecular weight excluding hydrogens is 275 g/mol. The first-order valence-electron chi connectivity index (χ1n) is 5.70. The van der Waals surface area contributed by atoms with Crippen molar-refractivity contribution >= 4 is 29.1 Å². The largest absolute Gasteiger partial charge is 0.366 e. The molecule has 102 valence electrons. The molecule has 1 heterocycles. The lowest BCUT2D eigenvalue weighted by molar-refractivity contribution is -0.141. The highest BCUT2D eigenvalue weighted by atomic mass is 35.5. The SMILES string of the molecule is O=C(CC1OCCNC1=O)Nc1ccc(F)c(Cl)c1.